The molecule has 1 saturated heterocycles. The molecule has 0 N–H and O–H groups in total. The van der Waals surface area contributed by atoms with Gasteiger partial charge in [0.1, 0.15) is 30.1 Å². The van der Waals surface area contributed by atoms with Gasteiger partial charge >= 0.3 is 0 Å². The fourth-order valence-electron chi connectivity index (χ4n) is 4.21. The van der Waals surface area contributed by atoms with E-state index in [9.17, 15) is 13.2 Å². The largest absolute Gasteiger partial charge is 0.348 e. The predicted molar refractivity (Wildman–Crippen MR) is 140 cm³/mol. The molecule has 0 saturated carbocycles. The summed E-state index contributed by atoms with van der Waals surface area (Å²) in [7, 11) is 0. The molecule has 1 aromatic heterocycles. The standard InChI is InChI=1S/C28H27F3N4O2S/c1-19(28(2,16-35-18-33-17-34-35)24-10-9-22(29)12-26(24)31)38-23-14-36-27(37-15-23)6-4-3-5-21-8-7-20(13-32)11-25(21)30/h3-12,17-19,23,27H,14-16H2,1-2H3/b5-3+,6-4+. The topological polar surface area (TPSA) is 73.0 Å². The van der Waals surface area contributed by atoms with Crippen LogP contribution in [0.3, 0.4) is 0 Å². The maximum absolute atomic E-state index is 14.9. The summed E-state index contributed by atoms with van der Waals surface area (Å²) >= 11 is 1.61. The lowest BCUT2D eigenvalue weighted by molar-refractivity contribution is -0.146. The van der Waals surface area contributed by atoms with Crippen molar-refractivity contribution in [2.45, 2.75) is 42.6 Å². The van der Waals surface area contributed by atoms with E-state index in [4.69, 9.17) is 14.7 Å². The SMILES string of the molecule is CC(SC1COC(/C=C/C=C/c2ccc(C#N)cc2F)OC1)C(C)(Cn1cncn1)c1ccc(F)cc1F. The number of allylic oxidation sites excluding steroid dienone is 2. The first-order valence-corrected chi connectivity index (χ1v) is 12.9. The fourth-order valence-corrected chi connectivity index (χ4v) is 5.60. The molecule has 0 amide bonds. The van der Waals surface area contributed by atoms with Gasteiger partial charge in [-0.05, 0) is 29.8 Å². The van der Waals surface area contributed by atoms with Gasteiger partial charge < -0.3 is 9.47 Å². The Morgan fingerprint density at radius 3 is 2.61 bits per heavy atom. The van der Waals surface area contributed by atoms with Crippen LogP contribution in [0.25, 0.3) is 6.08 Å². The molecule has 2 aromatic carbocycles. The first kappa shape index (κ1) is 27.6. The summed E-state index contributed by atoms with van der Waals surface area (Å²) in [6, 6.07) is 9.85. The monoisotopic (exact) mass is 540 g/mol. The van der Waals surface area contributed by atoms with Crippen molar-refractivity contribution < 1.29 is 22.6 Å². The molecular weight excluding hydrogens is 513 g/mol. The van der Waals surface area contributed by atoms with Crippen molar-refractivity contribution in [1.82, 2.24) is 14.8 Å². The number of benzene rings is 2. The molecule has 0 bridgehead atoms. The van der Waals surface area contributed by atoms with E-state index < -0.39 is 29.2 Å². The molecule has 38 heavy (non-hydrogen) atoms. The second kappa shape index (κ2) is 12.4. The van der Waals surface area contributed by atoms with Gasteiger partial charge in [0.25, 0.3) is 0 Å². The van der Waals surface area contributed by atoms with E-state index in [0.717, 1.165) is 6.07 Å². The Labute approximate surface area is 223 Å². The Bertz CT molecular complexity index is 1330. The van der Waals surface area contributed by atoms with Crippen molar-refractivity contribution in [3.8, 4) is 6.07 Å². The van der Waals surface area contributed by atoms with Crippen LogP contribution in [0.1, 0.15) is 30.5 Å². The summed E-state index contributed by atoms with van der Waals surface area (Å²) in [4.78, 5) is 3.99. The molecule has 0 radical (unpaired) electrons. The molecule has 10 heteroatoms. The van der Waals surface area contributed by atoms with E-state index in [-0.39, 0.29) is 16.1 Å². The predicted octanol–water partition coefficient (Wildman–Crippen LogP) is 5.66. The minimum absolute atomic E-state index is 0.00322. The van der Waals surface area contributed by atoms with E-state index >= 15 is 0 Å². The van der Waals surface area contributed by atoms with Crippen molar-refractivity contribution in [3.05, 3.63) is 101 Å². The Morgan fingerprint density at radius 2 is 1.95 bits per heavy atom. The van der Waals surface area contributed by atoms with Crippen molar-refractivity contribution in [2.24, 2.45) is 0 Å². The zero-order valence-corrected chi connectivity index (χ0v) is 21.7. The van der Waals surface area contributed by atoms with Crippen LogP contribution in [-0.2, 0) is 21.4 Å². The molecular formula is C28H27F3N4O2S. The fraction of sp³-hybridized carbons (Fsp3) is 0.321. The zero-order chi connectivity index (χ0) is 27.1. The van der Waals surface area contributed by atoms with Crippen LogP contribution in [-0.4, -0.2) is 44.8 Å². The molecule has 0 aliphatic carbocycles. The van der Waals surface area contributed by atoms with Gasteiger partial charge in [-0.25, -0.2) is 18.2 Å². The average molecular weight is 541 g/mol. The minimum Gasteiger partial charge on any atom is -0.348 e. The summed E-state index contributed by atoms with van der Waals surface area (Å²) in [6.45, 7) is 5.13. The van der Waals surface area contributed by atoms with E-state index in [1.54, 1.807) is 59.2 Å². The summed E-state index contributed by atoms with van der Waals surface area (Å²) in [5, 5.41) is 12.9. The molecule has 2 heterocycles. The molecule has 0 spiro atoms. The van der Waals surface area contributed by atoms with Gasteiger partial charge in [-0.2, -0.15) is 10.4 Å². The second-order valence-electron chi connectivity index (χ2n) is 9.16. The van der Waals surface area contributed by atoms with Gasteiger partial charge in [-0.3, -0.25) is 4.68 Å². The number of nitrogens with zero attached hydrogens (tertiary/aromatic N) is 4. The Hall–Kier alpha value is -3.39. The molecule has 2 atom stereocenters. The van der Waals surface area contributed by atoms with Crippen molar-refractivity contribution >= 4 is 17.8 Å². The van der Waals surface area contributed by atoms with Crippen LogP contribution in [0.2, 0.25) is 0 Å². The lowest BCUT2D eigenvalue weighted by atomic mass is 9.79. The number of thioether (sulfide) groups is 1. The highest BCUT2D eigenvalue weighted by Gasteiger charge is 2.39. The number of aromatic nitrogens is 3. The van der Waals surface area contributed by atoms with E-state index in [1.165, 1.54) is 24.5 Å². The number of hydrogen-bond acceptors (Lipinski definition) is 6. The third-order valence-corrected chi connectivity index (χ3v) is 8.06. The zero-order valence-electron chi connectivity index (χ0n) is 20.9. The summed E-state index contributed by atoms with van der Waals surface area (Å²) < 4.78 is 55.8. The van der Waals surface area contributed by atoms with Gasteiger partial charge in [-0.1, -0.05) is 44.2 Å². The number of hydrogen-bond donors (Lipinski definition) is 0. The third kappa shape index (κ3) is 6.72. The highest BCUT2D eigenvalue weighted by atomic mass is 32.2. The van der Waals surface area contributed by atoms with Gasteiger partial charge in [0.15, 0.2) is 6.29 Å². The number of ether oxygens (including phenoxy) is 2. The molecule has 3 aromatic rings. The number of rotatable bonds is 9. The van der Waals surface area contributed by atoms with Gasteiger partial charge in [0, 0.05) is 22.3 Å². The van der Waals surface area contributed by atoms with Crippen LogP contribution in [0.5, 0.6) is 0 Å². The van der Waals surface area contributed by atoms with E-state index in [2.05, 4.69) is 10.1 Å². The lowest BCUT2D eigenvalue weighted by Crippen LogP contribution is -2.41. The second-order valence-corrected chi connectivity index (χ2v) is 10.8. The van der Waals surface area contributed by atoms with Gasteiger partial charge in [-0.15, -0.1) is 11.8 Å². The highest BCUT2D eigenvalue weighted by Crippen LogP contribution is 2.40. The molecule has 4 rings (SSSR count). The third-order valence-electron chi connectivity index (χ3n) is 6.47. The first-order valence-electron chi connectivity index (χ1n) is 12.0. The maximum atomic E-state index is 14.9. The van der Waals surface area contributed by atoms with E-state index in [0.29, 0.717) is 30.9 Å². The van der Waals surface area contributed by atoms with E-state index in [1.807, 2.05) is 19.9 Å². The number of halogens is 3. The van der Waals surface area contributed by atoms with Crippen LogP contribution in [0.15, 0.2) is 67.3 Å². The summed E-state index contributed by atoms with van der Waals surface area (Å²) in [5.74, 6) is -1.70. The smallest absolute Gasteiger partial charge is 0.177 e. The lowest BCUT2D eigenvalue weighted by Gasteiger charge is -2.38. The maximum Gasteiger partial charge on any atom is 0.177 e. The minimum atomic E-state index is -0.724. The van der Waals surface area contributed by atoms with Crippen molar-refractivity contribution in [2.75, 3.05) is 13.2 Å². The quantitative estimate of drug-likeness (QED) is 0.326. The van der Waals surface area contributed by atoms with Crippen LogP contribution >= 0.6 is 11.8 Å². The van der Waals surface area contributed by atoms with Crippen molar-refractivity contribution in [3.63, 3.8) is 0 Å². The molecule has 1 aliphatic heterocycles. The first-order chi connectivity index (χ1) is 18.3. The van der Waals surface area contributed by atoms with Gasteiger partial charge in [0.05, 0.1) is 36.6 Å². The van der Waals surface area contributed by atoms with Crippen LogP contribution in [0, 0.1) is 28.8 Å². The molecule has 1 fully saturated rings. The summed E-state index contributed by atoms with van der Waals surface area (Å²) in [6.07, 6.45) is 9.16. The summed E-state index contributed by atoms with van der Waals surface area (Å²) in [5.41, 5.74) is 0.315. The number of nitriles is 1. The molecule has 198 valence electrons. The molecule has 2 unspecified atom stereocenters. The molecule has 6 nitrogen and oxygen atoms in total. The Morgan fingerprint density at radius 1 is 1.16 bits per heavy atom. The molecule has 1 aliphatic rings. The Kier molecular flexibility index (Phi) is 9.05. The average Bonchev–Trinajstić information content (AvgIpc) is 3.40. The van der Waals surface area contributed by atoms with Gasteiger partial charge in [0.2, 0.25) is 0 Å². The Balaban J connectivity index is 1.36. The van der Waals surface area contributed by atoms with Crippen LogP contribution in [0.4, 0.5) is 13.2 Å². The normalized spacial score (nSPS) is 20.4. The van der Waals surface area contributed by atoms with Crippen LogP contribution < -0.4 is 0 Å². The van der Waals surface area contributed by atoms with Crippen molar-refractivity contribution in [1.29, 1.82) is 5.26 Å². The highest BCUT2D eigenvalue weighted by molar-refractivity contribution is 8.00.